The van der Waals surface area contributed by atoms with E-state index in [-0.39, 0.29) is 24.3 Å². The molecule has 3 rings (SSSR count). The second-order valence-electron chi connectivity index (χ2n) is 7.37. The second-order valence-corrected chi connectivity index (χ2v) is 7.37. The minimum Gasteiger partial charge on any atom is -0.496 e. The number of methoxy groups -OCH3 is 1. The number of para-hydroxylation sites is 1. The number of nitrogens with zero attached hydrogens (tertiary/aromatic N) is 2. The van der Waals surface area contributed by atoms with Gasteiger partial charge < -0.3 is 15.0 Å². The molecule has 2 heterocycles. The lowest BCUT2D eigenvalue weighted by Crippen LogP contribution is -2.44. The van der Waals surface area contributed by atoms with E-state index in [0.29, 0.717) is 31.6 Å². The molecule has 0 saturated carbocycles. The van der Waals surface area contributed by atoms with Crippen LogP contribution < -0.4 is 15.0 Å². The van der Waals surface area contributed by atoms with Crippen LogP contribution in [-0.2, 0) is 11.0 Å². The summed E-state index contributed by atoms with van der Waals surface area (Å²) in [5, 5.41) is 3.06. The topological polar surface area (TPSA) is 54.5 Å². The highest BCUT2D eigenvalue weighted by molar-refractivity contribution is 5.80. The summed E-state index contributed by atoms with van der Waals surface area (Å²) in [6, 6.07) is 9.57. The van der Waals surface area contributed by atoms with E-state index in [1.165, 1.54) is 12.3 Å². The van der Waals surface area contributed by atoms with Crippen LogP contribution in [0.4, 0.5) is 19.0 Å². The number of carbonyl (C=O) groups excluding carboxylic acids is 1. The molecule has 5 nitrogen and oxygen atoms in total. The molecule has 8 heteroatoms. The SMILES string of the molecule is CCC(NC(=O)C1CCCN(c2ncccc2C(F)(F)F)C1)c1ccccc1OC. The van der Waals surface area contributed by atoms with Crippen molar-refractivity contribution < 1.29 is 22.7 Å². The first-order valence-electron chi connectivity index (χ1n) is 10.1. The van der Waals surface area contributed by atoms with E-state index < -0.39 is 17.7 Å². The van der Waals surface area contributed by atoms with Gasteiger partial charge in [-0.3, -0.25) is 4.79 Å². The molecule has 0 bridgehead atoms. The molecule has 1 aliphatic rings. The van der Waals surface area contributed by atoms with E-state index in [4.69, 9.17) is 4.74 Å². The number of rotatable bonds is 6. The summed E-state index contributed by atoms with van der Waals surface area (Å²) in [6.45, 7) is 2.61. The number of benzene rings is 1. The minimum atomic E-state index is -4.49. The lowest BCUT2D eigenvalue weighted by Gasteiger charge is -2.34. The lowest BCUT2D eigenvalue weighted by molar-refractivity contribution is -0.137. The fraction of sp³-hybridized carbons (Fsp3) is 0.455. The molecule has 0 aliphatic carbocycles. The van der Waals surface area contributed by atoms with Crippen LogP contribution in [-0.4, -0.2) is 31.1 Å². The first kappa shape index (κ1) is 21.9. The minimum absolute atomic E-state index is 0.112. The van der Waals surface area contributed by atoms with E-state index in [1.807, 2.05) is 31.2 Å². The number of piperidine rings is 1. The third-order valence-electron chi connectivity index (χ3n) is 5.42. The number of ether oxygens (including phenoxy) is 1. The number of aromatic nitrogens is 1. The Morgan fingerprint density at radius 2 is 2.07 bits per heavy atom. The van der Waals surface area contributed by atoms with Crippen molar-refractivity contribution >= 4 is 11.7 Å². The van der Waals surface area contributed by atoms with Gasteiger partial charge in [-0.05, 0) is 37.5 Å². The van der Waals surface area contributed by atoms with Gasteiger partial charge in [-0.25, -0.2) is 4.98 Å². The molecule has 30 heavy (non-hydrogen) atoms. The average molecular weight is 421 g/mol. The average Bonchev–Trinajstić information content (AvgIpc) is 2.76. The first-order valence-corrected chi connectivity index (χ1v) is 10.1. The predicted octanol–water partition coefficient (Wildman–Crippen LogP) is 4.59. The molecule has 162 valence electrons. The van der Waals surface area contributed by atoms with Crippen LogP contribution in [0.5, 0.6) is 5.75 Å². The summed E-state index contributed by atoms with van der Waals surface area (Å²) in [7, 11) is 1.58. The molecule has 1 amide bonds. The fourth-order valence-electron chi connectivity index (χ4n) is 3.90. The van der Waals surface area contributed by atoms with E-state index in [1.54, 1.807) is 12.0 Å². The van der Waals surface area contributed by atoms with Crippen LogP contribution in [0, 0.1) is 5.92 Å². The van der Waals surface area contributed by atoms with Crippen LogP contribution in [0.2, 0.25) is 0 Å². The Labute approximate surface area is 174 Å². The Morgan fingerprint density at radius 1 is 1.30 bits per heavy atom. The second kappa shape index (κ2) is 9.36. The number of amides is 1. The zero-order valence-corrected chi connectivity index (χ0v) is 17.1. The summed E-state index contributed by atoms with van der Waals surface area (Å²) in [4.78, 5) is 18.5. The van der Waals surface area contributed by atoms with Crippen LogP contribution >= 0.6 is 0 Å². The fourth-order valence-corrected chi connectivity index (χ4v) is 3.90. The zero-order chi connectivity index (χ0) is 21.7. The molecule has 1 N–H and O–H groups in total. The number of hydrogen-bond acceptors (Lipinski definition) is 4. The highest BCUT2D eigenvalue weighted by atomic mass is 19.4. The lowest BCUT2D eigenvalue weighted by atomic mass is 9.95. The molecule has 2 aromatic rings. The maximum Gasteiger partial charge on any atom is 0.419 e. The Hall–Kier alpha value is -2.77. The van der Waals surface area contributed by atoms with Gasteiger partial charge >= 0.3 is 6.18 Å². The number of anilines is 1. The maximum atomic E-state index is 13.4. The van der Waals surface area contributed by atoms with Crippen molar-refractivity contribution in [2.75, 3.05) is 25.1 Å². The summed E-state index contributed by atoms with van der Waals surface area (Å²) >= 11 is 0. The van der Waals surface area contributed by atoms with Crippen molar-refractivity contribution in [2.24, 2.45) is 5.92 Å². The molecular weight excluding hydrogens is 395 g/mol. The van der Waals surface area contributed by atoms with Crippen LogP contribution in [0.3, 0.4) is 0 Å². The highest BCUT2D eigenvalue weighted by Crippen LogP contribution is 2.36. The molecule has 2 unspecified atom stereocenters. The van der Waals surface area contributed by atoms with Crippen LogP contribution in [0.15, 0.2) is 42.6 Å². The van der Waals surface area contributed by atoms with Gasteiger partial charge in [-0.15, -0.1) is 0 Å². The highest BCUT2D eigenvalue weighted by Gasteiger charge is 2.37. The number of alkyl halides is 3. The molecule has 2 atom stereocenters. The molecule has 1 aromatic heterocycles. The van der Waals surface area contributed by atoms with Crippen molar-refractivity contribution in [3.05, 3.63) is 53.7 Å². The van der Waals surface area contributed by atoms with Gasteiger partial charge in [0.05, 0.1) is 24.6 Å². The van der Waals surface area contributed by atoms with Crippen LogP contribution in [0.25, 0.3) is 0 Å². The van der Waals surface area contributed by atoms with Crippen molar-refractivity contribution in [3.63, 3.8) is 0 Å². The summed E-state index contributed by atoms with van der Waals surface area (Å²) < 4.78 is 45.5. The van der Waals surface area contributed by atoms with Crippen molar-refractivity contribution in [1.29, 1.82) is 0 Å². The normalized spacial score (nSPS) is 18.0. The predicted molar refractivity (Wildman–Crippen MR) is 108 cm³/mol. The van der Waals surface area contributed by atoms with Crippen molar-refractivity contribution in [1.82, 2.24) is 10.3 Å². The van der Waals surface area contributed by atoms with Gasteiger partial charge in [0.25, 0.3) is 0 Å². The van der Waals surface area contributed by atoms with E-state index in [9.17, 15) is 18.0 Å². The zero-order valence-electron chi connectivity index (χ0n) is 17.1. The first-order chi connectivity index (χ1) is 14.3. The van der Waals surface area contributed by atoms with E-state index >= 15 is 0 Å². The third-order valence-corrected chi connectivity index (χ3v) is 5.42. The van der Waals surface area contributed by atoms with Crippen molar-refractivity contribution in [3.8, 4) is 5.75 Å². The smallest absolute Gasteiger partial charge is 0.419 e. The number of nitrogens with one attached hydrogen (secondary N) is 1. The molecule has 0 spiro atoms. The maximum absolute atomic E-state index is 13.4. The molecule has 1 aliphatic heterocycles. The largest absolute Gasteiger partial charge is 0.496 e. The molecule has 1 saturated heterocycles. The quantitative estimate of drug-likeness (QED) is 0.741. The molecular formula is C22H26F3N3O2. The Balaban J connectivity index is 1.75. The van der Waals surface area contributed by atoms with Gasteiger partial charge in [-0.2, -0.15) is 13.2 Å². The van der Waals surface area contributed by atoms with Gasteiger partial charge in [0, 0.05) is 24.8 Å². The van der Waals surface area contributed by atoms with Crippen LogP contribution in [0.1, 0.15) is 43.4 Å². The van der Waals surface area contributed by atoms with Gasteiger partial charge in [0.15, 0.2) is 0 Å². The Bertz CT molecular complexity index is 873. The van der Waals surface area contributed by atoms with Gasteiger partial charge in [0.1, 0.15) is 11.6 Å². The molecule has 1 aromatic carbocycles. The summed E-state index contributed by atoms with van der Waals surface area (Å²) in [6.07, 6.45) is -1.23. The summed E-state index contributed by atoms with van der Waals surface area (Å²) in [5.41, 5.74) is 0.110. The van der Waals surface area contributed by atoms with Crippen molar-refractivity contribution in [2.45, 2.75) is 38.4 Å². The molecule has 1 fully saturated rings. The standard InChI is InChI=1S/C22H26F3N3O2/c1-3-18(16-9-4-5-11-19(16)30-2)27-21(29)15-8-7-13-28(14-15)20-17(22(23,24)25)10-6-12-26-20/h4-6,9-12,15,18H,3,7-8,13-14H2,1-2H3,(H,27,29). The Morgan fingerprint density at radius 3 is 2.77 bits per heavy atom. The van der Waals surface area contributed by atoms with E-state index in [0.717, 1.165) is 11.6 Å². The third kappa shape index (κ3) is 4.86. The van der Waals surface area contributed by atoms with Gasteiger partial charge in [-0.1, -0.05) is 25.1 Å². The number of carbonyl (C=O) groups is 1. The summed E-state index contributed by atoms with van der Waals surface area (Å²) in [5.74, 6) is 0.00467. The number of hydrogen-bond donors (Lipinski definition) is 1. The number of pyridine rings is 1. The van der Waals surface area contributed by atoms with E-state index in [2.05, 4.69) is 10.3 Å². The number of halogens is 3. The monoisotopic (exact) mass is 421 g/mol. The Kier molecular flexibility index (Phi) is 6.84. The van der Waals surface area contributed by atoms with Gasteiger partial charge in [0.2, 0.25) is 5.91 Å². The molecule has 0 radical (unpaired) electrons.